The lowest BCUT2D eigenvalue weighted by atomic mass is 10.0. The van der Waals surface area contributed by atoms with Crippen LogP contribution >= 0.6 is 0 Å². The van der Waals surface area contributed by atoms with Gasteiger partial charge >= 0.3 is 0 Å². The summed E-state index contributed by atoms with van der Waals surface area (Å²) in [4.78, 5) is 0. The molecule has 1 aliphatic rings. The third-order valence-corrected chi connectivity index (χ3v) is 3.73. The molecule has 0 heterocycles. The van der Waals surface area contributed by atoms with Gasteiger partial charge in [-0.3, -0.25) is 0 Å². The minimum Gasteiger partial charge on any atom is -0.319 e. The van der Waals surface area contributed by atoms with Gasteiger partial charge in [0.05, 0.1) is 0 Å². The Morgan fingerprint density at radius 3 is 1.60 bits per heavy atom. The smallest absolute Gasteiger partial charge is 0.00129 e. The van der Waals surface area contributed by atoms with Crippen molar-refractivity contribution in [3.63, 3.8) is 0 Å². The molecule has 0 saturated heterocycles. The molecule has 0 aromatic heterocycles. The summed E-state index contributed by atoms with van der Waals surface area (Å²) in [5, 5.41) is 3.24. The Kier molecular flexibility index (Phi) is 1.59. The molecule has 0 atom stereocenters. The van der Waals surface area contributed by atoms with Gasteiger partial charge in [-0.05, 0) is 30.3 Å². The molecule has 1 rings (SSSR count). The van der Waals surface area contributed by atoms with E-state index in [0.717, 1.165) is 5.92 Å². The second-order valence-electron chi connectivity index (χ2n) is 4.55. The van der Waals surface area contributed by atoms with Gasteiger partial charge < -0.3 is 5.32 Å². The van der Waals surface area contributed by atoms with E-state index in [-0.39, 0.29) is 0 Å². The summed E-state index contributed by atoms with van der Waals surface area (Å²) in [6, 6.07) is 0. The Bertz CT molecular complexity index is 122. The molecule has 10 heavy (non-hydrogen) atoms. The zero-order valence-electron chi connectivity index (χ0n) is 7.78. The molecule has 60 valence electrons. The van der Waals surface area contributed by atoms with Crippen molar-refractivity contribution in [2.45, 2.75) is 27.7 Å². The maximum Gasteiger partial charge on any atom is -0.00129 e. The van der Waals surface area contributed by atoms with E-state index >= 15 is 0 Å². The number of rotatable bonds is 2. The molecule has 0 amide bonds. The van der Waals surface area contributed by atoms with Crippen molar-refractivity contribution in [1.82, 2.24) is 5.32 Å². The Hall–Kier alpha value is -0.0400. The topological polar surface area (TPSA) is 12.0 Å². The molecule has 1 nitrogen and oxygen atoms in total. The van der Waals surface area contributed by atoms with Crippen molar-refractivity contribution < 1.29 is 0 Å². The van der Waals surface area contributed by atoms with Crippen LogP contribution in [-0.2, 0) is 0 Å². The lowest BCUT2D eigenvalue weighted by Gasteiger charge is -2.04. The average molecular weight is 141 g/mol. The van der Waals surface area contributed by atoms with Gasteiger partial charge in [-0.1, -0.05) is 27.7 Å². The van der Waals surface area contributed by atoms with Crippen molar-refractivity contribution in [2.24, 2.45) is 16.7 Å². The van der Waals surface area contributed by atoms with E-state index in [0.29, 0.717) is 10.8 Å². The molecular formula is C9H19N. The quantitative estimate of drug-likeness (QED) is 0.619. The molecule has 1 N–H and O–H groups in total. The second-order valence-corrected chi connectivity index (χ2v) is 4.55. The average Bonchev–Trinajstić information content (AvgIpc) is 2.13. The van der Waals surface area contributed by atoms with Crippen molar-refractivity contribution >= 4 is 0 Å². The van der Waals surface area contributed by atoms with Crippen LogP contribution in [0.25, 0.3) is 0 Å². The summed E-state index contributed by atoms with van der Waals surface area (Å²) in [6.07, 6.45) is 0. The van der Waals surface area contributed by atoms with Crippen LogP contribution in [0.1, 0.15) is 27.7 Å². The Labute approximate surface area is 64.2 Å². The molecule has 0 bridgehead atoms. The molecule has 0 aromatic carbocycles. The van der Waals surface area contributed by atoms with E-state index < -0.39 is 0 Å². The van der Waals surface area contributed by atoms with Crippen LogP contribution in [0, 0.1) is 16.7 Å². The van der Waals surface area contributed by atoms with Gasteiger partial charge in [0, 0.05) is 0 Å². The van der Waals surface area contributed by atoms with Gasteiger partial charge in [0.25, 0.3) is 0 Å². The molecule has 1 aliphatic carbocycles. The highest BCUT2D eigenvalue weighted by Crippen LogP contribution is 2.67. The normalized spacial score (nSPS) is 28.5. The van der Waals surface area contributed by atoms with E-state index in [2.05, 4.69) is 33.0 Å². The third kappa shape index (κ3) is 0.800. The number of hydrogen-bond donors (Lipinski definition) is 1. The monoisotopic (exact) mass is 141 g/mol. The zero-order valence-corrected chi connectivity index (χ0v) is 7.78. The van der Waals surface area contributed by atoms with Gasteiger partial charge in [0.1, 0.15) is 0 Å². The van der Waals surface area contributed by atoms with Crippen LogP contribution in [0.2, 0.25) is 0 Å². The van der Waals surface area contributed by atoms with Crippen LogP contribution < -0.4 is 5.32 Å². The summed E-state index contributed by atoms with van der Waals surface area (Å²) >= 11 is 0. The lowest BCUT2D eigenvalue weighted by molar-refractivity contribution is 0.457. The van der Waals surface area contributed by atoms with Crippen LogP contribution in [0.4, 0.5) is 0 Å². The Balaban J connectivity index is 2.54. The molecule has 0 spiro atoms. The Morgan fingerprint density at radius 2 is 1.50 bits per heavy atom. The summed E-state index contributed by atoms with van der Waals surface area (Å²) in [6.45, 7) is 10.6. The highest BCUT2D eigenvalue weighted by molar-refractivity contribution is 5.12. The van der Waals surface area contributed by atoms with Gasteiger partial charge in [0.15, 0.2) is 0 Å². The molecule has 1 heteroatoms. The molecule has 0 radical (unpaired) electrons. The summed E-state index contributed by atoms with van der Waals surface area (Å²) in [5.41, 5.74) is 1.10. The number of nitrogens with one attached hydrogen (secondary N) is 1. The van der Waals surface area contributed by atoms with Crippen molar-refractivity contribution in [1.29, 1.82) is 0 Å². The standard InChI is InChI=1S/C9H19N/c1-8(2)7(6-10-5)9(8,3)4/h7,10H,6H2,1-5H3. The van der Waals surface area contributed by atoms with Crippen LogP contribution in [-0.4, -0.2) is 13.6 Å². The fraction of sp³-hybridized carbons (Fsp3) is 1.00. The maximum atomic E-state index is 3.24. The first kappa shape index (κ1) is 8.06. The van der Waals surface area contributed by atoms with E-state index in [4.69, 9.17) is 0 Å². The highest BCUT2D eigenvalue weighted by atomic mass is 14.9. The highest BCUT2D eigenvalue weighted by Gasteiger charge is 2.63. The zero-order chi connectivity index (χ0) is 7.99. The van der Waals surface area contributed by atoms with Crippen LogP contribution in [0.3, 0.4) is 0 Å². The molecule has 1 saturated carbocycles. The fourth-order valence-electron chi connectivity index (χ4n) is 2.05. The molecule has 0 unspecified atom stereocenters. The van der Waals surface area contributed by atoms with Crippen LogP contribution in [0.5, 0.6) is 0 Å². The van der Waals surface area contributed by atoms with Gasteiger partial charge in [-0.2, -0.15) is 0 Å². The van der Waals surface area contributed by atoms with Crippen LogP contribution in [0.15, 0.2) is 0 Å². The predicted octanol–water partition coefficient (Wildman–Crippen LogP) is 1.89. The SMILES string of the molecule is CNCC1C(C)(C)C1(C)C. The Morgan fingerprint density at radius 1 is 1.10 bits per heavy atom. The molecule has 0 aliphatic heterocycles. The summed E-state index contributed by atoms with van der Waals surface area (Å²) < 4.78 is 0. The maximum absolute atomic E-state index is 3.24. The minimum absolute atomic E-state index is 0.552. The first-order valence-corrected chi connectivity index (χ1v) is 4.09. The summed E-state index contributed by atoms with van der Waals surface area (Å²) in [7, 11) is 2.03. The lowest BCUT2D eigenvalue weighted by Crippen LogP contribution is -2.13. The van der Waals surface area contributed by atoms with E-state index in [1.165, 1.54) is 6.54 Å². The molecular weight excluding hydrogens is 122 g/mol. The number of hydrogen-bond acceptors (Lipinski definition) is 1. The van der Waals surface area contributed by atoms with Crippen molar-refractivity contribution in [3.05, 3.63) is 0 Å². The van der Waals surface area contributed by atoms with Gasteiger partial charge in [-0.15, -0.1) is 0 Å². The minimum atomic E-state index is 0.552. The largest absolute Gasteiger partial charge is 0.319 e. The van der Waals surface area contributed by atoms with E-state index in [1.807, 2.05) is 7.05 Å². The first-order chi connectivity index (χ1) is 4.44. The van der Waals surface area contributed by atoms with Gasteiger partial charge in [-0.25, -0.2) is 0 Å². The molecule has 0 aromatic rings. The first-order valence-electron chi connectivity index (χ1n) is 4.09. The second kappa shape index (κ2) is 1.97. The fourth-order valence-corrected chi connectivity index (χ4v) is 2.05. The molecule has 1 fully saturated rings. The third-order valence-electron chi connectivity index (χ3n) is 3.73. The van der Waals surface area contributed by atoms with E-state index in [1.54, 1.807) is 0 Å². The summed E-state index contributed by atoms with van der Waals surface area (Å²) in [5.74, 6) is 0.866. The van der Waals surface area contributed by atoms with Crippen molar-refractivity contribution in [3.8, 4) is 0 Å². The van der Waals surface area contributed by atoms with Crippen molar-refractivity contribution in [2.75, 3.05) is 13.6 Å². The van der Waals surface area contributed by atoms with Gasteiger partial charge in [0.2, 0.25) is 0 Å². The van der Waals surface area contributed by atoms with E-state index in [9.17, 15) is 0 Å². The predicted molar refractivity (Wildman–Crippen MR) is 45.0 cm³/mol.